The van der Waals surface area contributed by atoms with Crippen molar-refractivity contribution in [1.29, 1.82) is 0 Å². The van der Waals surface area contributed by atoms with Crippen molar-refractivity contribution in [2.24, 2.45) is 11.3 Å². The molecule has 2 nitrogen and oxygen atoms in total. The van der Waals surface area contributed by atoms with Crippen LogP contribution >= 0.6 is 0 Å². The first-order valence-corrected chi connectivity index (χ1v) is 6.76. The smallest absolute Gasteiger partial charge is 0.233 e. The summed E-state index contributed by atoms with van der Waals surface area (Å²) in [5.74, 6) is 0.675. The number of nitrogens with zero attached hydrogens (tertiary/aromatic N) is 1. The Morgan fingerprint density at radius 1 is 1.29 bits per heavy atom. The Morgan fingerprint density at radius 2 is 1.94 bits per heavy atom. The fourth-order valence-electron chi connectivity index (χ4n) is 2.54. The Hall–Kier alpha value is -1.05. The van der Waals surface area contributed by atoms with Crippen molar-refractivity contribution < 1.29 is 4.79 Å². The molecule has 0 aromatic rings. The van der Waals surface area contributed by atoms with Gasteiger partial charge in [-0.1, -0.05) is 44.6 Å². The molecule has 0 bridgehead atoms. The van der Waals surface area contributed by atoms with Crippen LogP contribution in [0.4, 0.5) is 0 Å². The number of rotatable bonds is 5. The molecule has 2 unspecified atom stereocenters. The van der Waals surface area contributed by atoms with E-state index < -0.39 is 0 Å². The van der Waals surface area contributed by atoms with Crippen LogP contribution in [0.15, 0.2) is 24.3 Å². The van der Waals surface area contributed by atoms with Crippen molar-refractivity contribution >= 4 is 5.91 Å². The molecule has 1 amide bonds. The second-order valence-corrected chi connectivity index (χ2v) is 4.82. The largest absolute Gasteiger partial charge is 0.342 e. The molecule has 17 heavy (non-hydrogen) atoms. The molecular weight excluding hydrogens is 210 g/mol. The highest BCUT2D eigenvalue weighted by molar-refractivity contribution is 5.85. The highest BCUT2D eigenvalue weighted by atomic mass is 16.2. The van der Waals surface area contributed by atoms with Gasteiger partial charge in [0.15, 0.2) is 0 Å². The summed E-state index contributed by atoms with van der Waals surface area (Å²) in [5.41, 5.74) is -0.310. The summed E-state index contributed by atoms with van der Waals surface area (Å²) < 4.78 is 0. The molecule has 2 atom stereocenters. The minimum Gasteiger partial charge on any atom is -0.342 e. The Morgan fingerprint density at radius 3 is 2.35 bits per heavy atom. The topological polar surface area (TPSA) is 20.3 Å². The highest BCUT2D eigenvalue weighted by Crippen LogP contribution is 2.39. The second kappa shape index (κ2) is 6.04. The zero-order chi connectivity index (χ0) is 12.9. The third-order valence-electron chi connectivity index (χ3n) is 4.04. The summed E-state index contributed by atoms with van der Waals surface area (Å²) in [6, 6.07) is 0. The first-order chi connectivity index (χ1) is 8.12. The summed E-state index contributed by atoms with van der Waals surface area (Å²) in [7, 11) is 0. The standard InChI is InChI=1S/C15H25NO/c1-5-13(4)15(11-9-8-10-12-15)14(17)16(6-2)7-3/h8-11,13H,5-7,12H2,1-4H3. The molecule has 96 valence electrons. The van der Waals surface area contributed by atoms with Crippen LogP contribution in [0, 0.1) is 11.3 Å². The van der Waals surface area contributed by atoms with E-state index in [2.05, 4.69) is 26.0 Å². The van der Waals surface area contributed by atoms with Gasteiger partial charge in [-0.3, -0.25) is 4.79 Å². The van der Waals surface area contributed by atoms with Crippen LogP contribution in [-0.2, 0) is 4.79 Å². The number of amides is 1. The van der Waals surface area contributed by atoms with E-state index in [9.17, 15) is 4.79 Å². The van der Waals surface area contributed by atoms with Crippen LogP contribution in [0.25, 0.3) is 0 Å². The van der Waals surface area contributed by atoms with Crippen LogP contribution in [-0.4, -0.2) is 23.9 Å². The average molecular weight is 235 g/mol. The number of carbonyl (C=O) groups is 1. The summed E-state index contributed by atoms with van der Waals surface area (Å²) in [5, 5.41) is 0. The van der Waals surface area contributed by atoms with Crippen LogP contribution in [0.1, 0.15) is 40.5 Å². The van der Waals surface area contributed by atoms with E-state index in [4.69, 9.17) is 0 Å². The minimum absolute atomic E-state index is 0.289. The molecule has 0 radical (unpaired) electrons. The molecule has 0 aromatic heterocycles. The van der Waals surface area contributed by atoms with Crippen molar-refractivity contribution in [3.8, 4) is 0 Å². The van der Waals surface area contributed by atoms with Gasteiger partial charge in [-0.15, -0.1) is 0 Å². The Kier molecular flexibility index (Phi) is 4.98. The zero-order valence-corrected chi connectivity index (χ0v) is 11.6. The lowest BCUT2D eigenvalue weighted by Crippen LogP contribution is -2.46. The van der Waals surface area contributed by atoms with Gasteiger partial charge in [0.05, 0.1) is 5.41 Å². The molecule has 0 saturated carbocycles. The average Bonchev–Trinajstić information content (AvgIpc) is 2.39. The van der Waals surface area contributed by atoms with E-state index in [1.54, 1.807) is 0 Å². The third kappa shape index (κ3) is 2.62. The Labute approximate surface area is 105 Å². The van der Waals surface area contributed by atoms with E-state index in [0.717, 1.165) is 25.9 Å². The van der Waals surface area contributed by atoms with Crippen LogP contribution in [0.2, 0.25) is 0 Å². The molecule has 1 rings (SSSR count). The van der Waals surface area contributed by atoms with Crippen LogP contribution < -0.4 is 0 Å². The number of hydrogen-bond donors (Lipinski definition) is 0. The van der Waals surface area contributed by atoms with Gasteiger partial charge >= 0.3 is 0 Å². The molecule has 0 saturated heterocycles. The lowest BCUT2D eigenvalue weighted by atomic mass is 9.69. The zero-order valence-electron chi connectivity index (χ0n) is 11.6. The number of allylic oxidation sites excluding steroid dienone is 3. The molecule has 1 aliphatic rings. The maximum atomic E-state index is 12.7. The van der Waals surface area contributed by atoms with Crippen molar-refractivity contribution in [2.75, 3.05) is 13.1 Å². The highest BCUT2D eigenvalue weighted by Gasteiger charge is 2.41. The Bertz CT molecular complexity index is 315. The minimum atomic E-state index is -0.310. The van der Waals surface area contributed by atoms with E-state index >= 15 is 0 Å². The van der Waals surface area contributed by atoms with Gasteiger partial charge in [-0.2, -0.15) is 0 Å². The SMILES string of the molecule is CCC(C)C1(C(=O)N(CC)CC)C=CC=CC1. The summed E-state index contributed by atoms with van der Waals surface area (Å²) >= 11 is 0. The molecule has 0 aromatic carbocycles. The molecule has 0 heterocycles. The van der Waals surface area contributed by atoms with Gasteiger partial charge in [0, 0.05) is 13.1 Å². The third-order valence-corrected chi connectivity index (χ3v) is 4.04. The fraction of sp³-hybridized carbons (Fsp3) is 0.667. The van der Waals surface area contributed by atoms with Crippen LogP contribution in [0.5, 0.6) is 0 Å². The quantitative estimate of drug-likeness (QED) is 0.715. The summed E-state index contributed by atoms with van der Waals surface area (Å²) in [4.78, 5) is 14.7. The van der Waals surface area contributed by atoms with Crippen molar-refractivity contribution in [1.82, 2.24) is 4.90 Å². The molecule has 0 fully saturated rings. The van der Waals surface area contributed by atoms with E-state index in [1.165, 1.54) is 0 Å². The molecular formula is C15H25NO. The van der Waals surface area contributed by atoms with Gasteiger partial charge in [-0.25, -0.2) is 0 Å². The predicted octanol–water partition coefficient (Wildman–Crippen LogP) is 3.40. The molecule has 1 aliphatic carbocycles. The van der Waals surface area contributed by atoms with Crippen molar-refractivity contribution in [3.63, 3.8) is 0 Å². The predicted molar refractivity (Wildman–Crippen MR) is 72.7 cm³/mol. The normalized spacial score (nSPS) is 24.7. The maximum absolute atomic E-state index is 12.7. The number of hydrogen-bond acceptors (Lipinski definition) is 1. The first-order valence-electron chi connectivity index (χ1n) is 6.76. The lowest BCUT2D eigenvalue weighted by molar-refractivity contribution is -0.141. The number of carbonyl (C=O) groups excluding carboxylic acids is 1. The van der Waals surface area contributed by atoms with Crippen molar-refractivity contribution in [2.45, 2.75) is 40.5 Å². The summed E-state index contributed by atoms with van der Waals surface area (Å²) in [6.45, 7) is 10.0. The van der Waals surface area contributed by atoms with Crippen LogP contribution in [0.3, 0.4) is 0 Å². The molecule has 0 N–H and O–H groups in total. The molecule has 0 spiro atoms. The lowest BCUT2D eigenvalue weighted by Gasteiger charge is -2.39. The second-order valence-electron chi connectivity index (χ2n) is 4.82. The van der Waals surface area contributed by atoms with Gasteiger partial charge in [0.2, 0.25) is 5.91 Å². The van der Waals surface area contributed by atoms with Gasteiger partial charge < -0.3 is 4.90 Å². The first kappa shape index (κ1) is 14.0. The van der Waals surface area contributed by atoms with E-state index in [0.29, 0.717) is 5.92 Å². The monoisotopic (exact) mass is 235 g/mol. The van der Waals surface area contributed by atoms with Crippen molar-refractivity contribution in [3.05, 3.63) is 24.3 Å². The molecule has 2 heteroatoms. The Balaban J connectivity index is 3.02. The van der Waals surface area contributed by atoms with Gasteiger partial charge in [-0.05, 0) is 26.2 Å². The molecule has 0 aliphatic heterocycles. The van der Waals surface area contributed by atoms with E-state index in [1.807, 2.05) is 30.9 Å². The van der Waals surface area contributed by atoms with Gasteiger partial charge in [0.1, 0.15) is 0 Å². The van der Waals surface area contributed by atoms with E-state index in [-0.39, 0.29) is 11.3 Å². The summed E-state index contributed by atoms with van der Waals surface area (Å²) in [6.07, 6.45) is 10.2. The fourth-order valence-corrected chi connectivity index (χ4v) is 2.54. The maximum Gasteiger partial charge on any atom is 0.233 e. The van der Waals surface area contributed by atoms with Gasteiger partial charge in [0.25, 0.3) is 0 Å².